The zero-order chi connectivity index (χ0) is 15.4. The summed E-state index contributed by atoms with van der Waals surface area (Å²) in [5.41, 5.74) is 0.339. The van der Waals surface area contributed by atoms with E-state index in [0.717, 1.165) is 5.56 Å². The molecule has 0 fully saturated rings. The van der Waals surface area contributed by atoms with E-state index in [2.05, 4.69) is 26.0 Å². The smallest absolute Gasteiger partial charge is 0.242 e. The fourth-order valence-corrected chi connectivity index (χ4v) is 4.41. The molecule has 0 atom stereocenters. The second kappa shape index (κ2) is 7.00. The van der Waals surface area contributed by atoms with Crippen LogP contribution in [0.25, 0.3) is 0 Å². The second-order valence-electron chi connectivity index (χ2n) is 5.22. The van der Waals surface area contributed by atoms with Crippen LogP contribution in [0.3, 0.4) is 0 Å². The lowest BCUT2D eigenvalue weighted by Gasteiger charge is -2.25. The molecule has 0 aliphatic heterocycles. The molecule has 0 bridgehead atoms. The van der Waals surface area contributed by atoms with E-state index in [1.165, 1.54) is 0 Å². The third-order valence-corrected chi connectivity index (χ3v) is 5.26. The van der Waals surface area contributed by atoms with Crippen molar-refractivity contribution in [2.75, 3.05) is 20.8 Å². The van der Waals surface area contributed by atoms with Crippen LogP contribution in [0.1, 0.15) is 19.4 Å². The normalized spacial score (nSPS) is 12.7. The monoisotopic (exact) mass is 364 g/mol. The summed E-state index contributed by atoms with van der Waals surface area (Å²) < 4.78 is 33.0. The van der Waals surface area contributed by atoms with E-state index < -0.39 is 15.6 Å². The van der Waals surface area contributed by atoms with Gasteiger partial charge < -0.3 is 10.1 Å². The summed E-state index contributed by atoms with van der Waals surface area (Å²) in [6.07, 6.45) is 0. The van der Waals surface area contributed by atoms with Gasteiger partial charge in [-0.25, -0.2) is 13.1 Å². The van der Waals surface area contributed by atoms with E-state index >= 15 is 0 Å². The molecule has 0 spiro atoms. The van der Waals surface area contributed by atoms with E-state index in [-0.39, 0.29) is 4.90 Å². The van der Waals surface area contributed by atoms with E-state index in [1.807, 2.05) is 7.05 Å². The number of benzene rings is 1. The van der Waals surface area contributed by atoms with Crippen molar-refractivity contribution < 1.29 is 13.2 Å². The molecule has 1 aromatic rings. The lowest BCUT2D eigenvalue weighted by molar-refractivity contribution is 0.141. The summed E-state index contributed by atoms with van der Waals surface area (Å²) in [4.78, 5) is 0.224. The van der Waals surface area contributed by atoms with Crippen molar-refractivity contribution in [1.82, 2.24) is 10.0 Å². The van der Waals surface area contributed by atoms with Crippen LogP contribution in [-0.2, 0) is 21.3 Å². The Bertz CT molecular complexity index is 559. The maximum Gasteiger partial charge on any atom is 0.242 e. The van der Waals surface area contributed by atoms with Gasteiger partial charge >= 0.3 is 0 Å². The molecule has 0 aliphatic carbocycles. The average Bonchev–Trinajstić information content (AvgIpc) is 2.27. The molecule has 20 heavy (non-hydrogen) atoms. The summed E-state index contributed by atoms with van der Waals surface area (Å²) in [6, 6.07) is 5.19. The Morgan fingerprint density at radius 2 is 2.00 bits per heavy atom. The highest BCUT2D eigenvalue weighted by Gasteiger charge is 2.27. The van der Waals surface area contributed by atoms with Gasteiger partial charge in [0.2, 0.25) is 10.0 Å². The zero-order valence-corrected chi connectivity index (χ0v) is 14.6. The lowest BCUT2D eigenvalue weighted by atomic mass is 10.1. The standard InChI is InChI=1S/C13H21BrN2O3S/c1-13(2,9-19-4)16-20(17,18)12-6-5-10(8-15-3)7-11(12)14/h5-7,15-16H,8-9H2,1-4H3. The predicted molar refractivity (Wildman–Crippen MR) is 83.2 cm³/mol. The predicted octanol–water partition coefficient (Wildman–Crippen LogP) is 1.87. The Balaban J connectivity index is 3.04. The number of hydrogen-bond acceptors (Lipinski definition) is 4. The van der Waals surface area contributed by atoms with E-state index in [1.54, 1.807) is 39.2 Å². The topological polar surface area (TPSA) is 67.4 Å². The molecule has 0 unspecified atom stereocenters. The Labute approximate surface area is 129 Å². The van der Waals surface area contributed by atoms with Gasteiger partial charge in [-0.15, -0.1) is 0 Å². The molecule has 0 radical (unpaired) electrons. The number of ether oxygens (including phenoxy) is 1. The Hall–Kier alpha value is -0.470. The van der Waals surface area contributed by atoms with Crippen molar-refractivity contribution in [3.05, 3.63) is 28.2 Å². The lowest BCUT2D eigenvalue weighted by Crippen LogP contribution is -2.46. The van der Waals surface area contributed by atoms with Crippen molar-refractivity contribution in [3.63, 3.8) is 0 Å². The summed E-state index contributed by atoms with van der Waals surface area (Å²) >= 11 is 3.32. The van der Waals surface area contributed by atoms with Crippen molar-refractivity contribution in [2.45, 2.75) is 30.8 Å². The Morgan fingerprint density at radius 1 is 1.35 bits per heavy atom. The van der Waals surface area contributed by atoms with E-state index in [0.29, 0.717) is 17.6 Å². The molecule has 0 amide bonds. The number of halogens is 1. The molecule has 1 aromatic carbocycles. The minimum Gasteiger partial charge on any atom is -0.383 e. The number of hydrogen-bond donors (Lipinski definition) is 2. The number of nitrogens with one attached hydrogen (secondary N) is 2. The molecule has 5 nitrogen and oxygen atoms in total. The zero-order valence-electron chi connectivity index (χ0n) is 12.2. The number of methoxy groups -OCH3 is 1. The van der Waals surface area contributed by atoms with Crippen LogP contribution in [0.2, 0.25) is 0 Å². The molecule has 0 aromatic heterocycles. The second-order valence-corrected chi connectivity index (χ2v) is 7.72. The fraction of sp³-hybridized carbons (Fsp3) is 0.538. The third-order valence-electron chi connectivity index (χ3n) is 2.58. The van der Waals surface area contributed by atoms with Crippen LogP contribution in [-0.4, -0.2) is 34.7 Å². The first-order valence-electron chi connectivity index (χ1n) is 6.18. The van der Waals surface area contributed by atoms with Crippen molar-refractivity contribution >= 4 is 26.0 Å². The molecule has 0 aliphatic rings. The van der Waals surface area contributed by atoms with Crippen LogP contribution in [0.4, 0.5) is 0 Å². The molecular formula is C13H21BrN2O3S. The minimum atomic E-state index is -3.60. The van der Waals surface area contributed by atoms with Crippen LogP contribution in [0.15, 0.2) is 27.6 Å². The molecule has 0 heterocycles. The van der Waals surface area contributed by atoms with Gasteiger partial charge in [0.05, 0.1) is 17.0 Å². The Morgan fingerprint density at radius 3 is 2.50 bits per heavy atom. The van der Waals surface area contributed by atoms with Crippen molar-refractivity contribution in [3.8, 4) is 0 Å². The molecule has 2 N–H and O–H groups in total. The van der Waals surface area contributed by atoms with Gasteiger partial charge in [0.1, 0.15) is 0 Å². The van der Waals surface area contributed by atoms with E-state index in [9.17, 15) is 8.42 Å². The maximum atomic E-state index is 12.4. The molecule has 1 rings (SSSR count). The van der Waals surface area contributed by atoms with Crippen molar-refractivity contribution in [1.29, 1.82) is 0 Å². The maximum absolute atomic E-state index is 12.4. The van der Waals surface area contributed by atoms with Crippen LogP contribution in [0, 0.1) is 0 Å². The molecule has 0 saturated carbocycles. The average molecular weight is 365 g/mol. The van der Waals surface area contributed by atoms with Crippen LogP contribution in [0.5, 0.6) is 0 Å². The number of rotatable bonds is 7. The highest BCUT2D eigenvalue weighted by atomic mass is 79.9. The largest absolute Gasteiger partial charge is 0.383 e. The first-order valence-corrected chi connectivity index (χ1v) is 8.45. The summed E-state index contributed by atoms with van der Waals surface area (Å²) in [5, 5.41) is 3.02. The highest BCUT2D eigenvalue weighted by molar-refractivity contribution is 9.10. The molecule has 7 heteroatoms. The van der Waals surface area contributed by atoms with E-state index in [4.69, 9.17) is 4.74 Å². The van der Waals surface area contributed by atoms with Crippen molar-refractivity contribution in [2.24, 2.45) is 0 Å². The van der Waals surface area contributed by atoms with Gasteiger partial charge in [0, 0.05) is 18.1 Å². The van der Waals surface area contributed by atoms with Crippen LogP contribution < -0.4 is 10.0 Å². The molecule has 0 saturated heterocycles. The van der Waals surface area contributed by atoms with Gasteiger partial charge in [-0.3, -0.25) is 0 Å². The van der Waals surface area contributed by atoms with Gasteiger partial charge in [0.25, 0.3) is 0 Å². The summed E-state index contributed by atoms with van der Waals surface area (Å²) in [6.45, 7) is 4.53. The first-order chi connectivity index (χ1) is 9.22. The van der Waals surface area contributed by atoms with Gasteiger partial charge in [0.15, 0.2) is 0 Å². The Kier molecular flexibility index (Phi) is 6.15. The van der Waals surface area contributed by atoms with Gasteiger partial charge in [-0.2, -0.15) is 0 Å². The molecule has 114 valence electrons. The fourth-order valence-electron chi connectivity index (χ4n) is 1.89. The third kappa shape index (κ3) is 4.82. The van der Waals surface area contributed by atoms with Gasteiger partial charge in [-0.05, 0) is 54.5 Å². The van der Waals surface area contributed by atoms with Crippen LogP contribution >= 0.6 is 15.9 Å². The summed E-state index contributed by atoms with van der Waals surface area (Å²) in [5.74, 6) is 0. The quantitative estimate of drug-likeness (QED) is 0.774. The SMILES string of the molecule is CNCc1ccc(S(=O)(=O)NC(C)(C)COC)c(Br)c1. The molecular weight excluding hydrogens is 344 g/mol. The first kappa shape index (κ1) is 17.6. The minimum absolute atomic E-state index is 0.224. The number of sulfonamides is 1. The van der Waals surface area contributed by atoms with Gasteiger partial charge in [-0.1, -0.05) is 6.07 Å². The highest BCUT2D eigenvalue weighted by Crippen LogP contribution is 2.24. The summed E-state index contributed by atoms with van der Waals surface area (Å²) in [7, 11) is -0.219.